The number of hydrogen-bond donors (Lipinski definition) is 0. The van der Waals surface area contributed by atoms with E-state index >= 15 is 0 Å². The summed E-state index contributed by atoms with van der Waals surface area (Å²) in [4.78, 5) is 24.7. The predicted octanol–water partition coefficient (Wildman–Crippen LogP) is 2.70. The summed E-state index contributed by atoms with van der Waals surface area (Å²) in [5, 5.41) is 0. The van der Waals surface area contributed by atoms with Crippen LogP contribution < -0.4 is 0 Å². The van der Waals surface area contributed by atoms with Gasteiger partial charge in [-0.1, -0.05) is 34.1 Å². The number of amides is 1. The topological polar surface area (TPSA) is 46.6 Å². The van der Waals surface area contributed by atoms with Gasteiger partial charge >= 0.3 is 5.97 Å². The number of thioether (sulfide) groups is 1. The first kappa shape index (κ1) is 17.0. The van der Waals surface area contributed by atoms with Crippen LogP contribution in [-0.2, 0) is 20.9 Å². The molecule has 0 unspecified atom stereocenters. The van der Waals surface area contributed by atoms with Crippen LogP contribution in [0.4, 0.5) is 0 Å². The second kappa shape index (κ2) is 9.02. The molecule has 0 atom stereocenters. The van der Waals surface area contributed by atoms with E-state index in [2.05, 4.69) is 15.9 Å². The van der Waals surface area contributed by atoms with Crippen LogP contribution in [0.3, 0.4) is 0 Å². The van der Waals surface area contributed by atoms with Gasteiger partial charge in [-0.2, -0.15) is 0 Å². The Morgan fingerprint density at radius 2 is 2.00 bits per heavy atom. The van der Waals surface area contributed by atoms with E-state index in [0.29, 0.717) is 13.2 Å². The Hall–Kier alpha value is -1.01. The Kier molecular flexibility index (Phi) is 7.69. The van der Waals surface area contributed by atoms with E-state index in [9.17, 15) is 9.59 Å². The Balaban J connectivity index is 2.36. The normalized spacial score (nSPS) is 10.2. The lowest BCUT2D eigenvalue weighted by molar-refractivity contribution is -0.139. The average Bonchev–Trinajstić information content (AvgIpc) is 2.41. The SMILES string of the molecule is CCOC(=O)CSCC(=O)N(C)Cc1ccccc1Br. The van der Waals surface area contributed by atoms with Crippen LogP contribution in [-0.4, -0.2) is 41.9 Å². The third kappa shape index (κ3) is 5.96. The van der Waals surface area contributed by atoms with Crippen molar-refractivity contribution in [3.63, 3.8) is 0 Å². The van der Waals surface area contributed by atoms with Gasteiger partial charge in [0.2, 0.25) is 5.91 Å². The molecule has 110 valence electrons. The lowest BCUT2D eigenvalue weighted by Crippen LogP contribution is -2.28. The second-order valence-corrected chi connectivity index (χ2v) is 5.98. The molecule has 1 amide bonds. The molecule has 0 fully saturated rings. The quantitative estimate of drug-likeness (QED) is 0.702. The van der Waals surface area contributed by atoms with Gasteiger partial charge in [0.15, 0.2) is 0 Å². The molecular formula is C14H18BrNO3S. The summed E-state index contributed by atoms with van der Waals surface area (Å²) in [6.07, 6.45) is 0. The summed E-state index contributed by atoms with van der Waals surface area (Å²) in [6, 6.07) is 7.79. The van der Waals surface area contributed by atoms with Crippen molar-refractivity contribution in [1.29, 1.82) is 0 Å². The van der Waals surface area contributed by atoms with Crippen LogP contribution in [0.25, 0.3) is 0 Å². The summed E-state index contributed by atoms with van der Waals surface area (Å²) in [5.74, 6) is 0.205. The van der Waals surface area contributed by atoms with Gasteiger partial charge < -0.3 is 9.64 Å². The highest BCUT2D eigenvalue weighted by atomic mass is 79.9. The van der Waals surface area contributed by atoms with Crippen LogP contribution in [0.2, 0.25) is 0 Å². The Bertz CT molecular complexity index is 467. The summed E-state index contributed by atoms with van der Waals surface area (Å²) >= 11 is 4.73. The zero-order valence-corrected chi connectivity index (χ0v) is 14.0. The minimum absolute atomic E-state index is 0.00458. The predicted molar refractivity (Wildman–Crippen MR) is 84.6 cm³/mol. The Morgan fingerprint density at radius 3 is 2.65 bits per heavy atom. The van der Waals surface area contributed by atoms with Crippen LogP contribution >= 0.6 is 27.7 Å². The Labute approximate surface area is 132 Å². The highest BCUT2D eigenvalue weighted by Crippen LogP contribution is 2.17. The van der Waals surface area contributed by atoms with Crippen molar-refractivity contribution in [2.45, 2.75) is 13.5 Å². The molecule has 1 aromatic carbocycles. The van der Waals surface area contributed by atoms with Gasteiger partial charge in [-0.3, -0.25) is 9.59 Å². The molecule has 0 saturated heterocycles. The van der Waals surface area contributed by atoms with Gasteiger partial charge in [0, 0.05) is 18.1 Å². The number of carbonyl (C=O) groups is 2. The van der Waals surface area contributed by atoms with Gasteiger partial charge in [-0.15, -0.1) is 11.8 Å². The molecule has 4 nitrogen and oxygen atoms in total. The zero-order valence-electron chi connectivity index (χ0n) is 11.6. The molecule has 0 aromatic heterocycles. The average molecular weight is 360 g/mol. The third-order valence-electron chi connectivity index (χ3n) is 2.54. The summed E-state index contributed by atoms with van der Waals surface area (Å²) in [7, 11) is 1.76. The van der Waals surface area contributed by atoms with Crippen LogP contribution in [0.1, 0.15) is 12.5 Å². The molecule has 0 spiro atoms. The van der Waals surface area contributed by atoms with E-state index < -0.39 is 0 Å². The van der Waals surface area contributed by atoms with E-state index in [1.54, 1.807) is 18.9 Å². The van der Waals surface area contributed by atoms with Gasteiger partial charge in [0.25, 0.3) is 0 Å². The number of halogens is 1. The molecule has 0 radical (unpaired) electrons. The van der Waals surface area contributed by atoms with Gasteiger partial charge in [-0.25, -0.2) is 0 Å². The van der Waals surface area contributed by atoms with Gasteiger partial charge in [-0.05, 0) is 18.6 Å². The maximum Gasteiger partial charge on any atom is 0.315 e. The molecule has 20 heavy (non-hydrogen) atoms. The fourth-order valence-corrected chi connectivity index (χ4v) is 2.66. The molecule has 1 aromatic rings. The lowest BCUT2D eigenvalue weighted by Gasteiger charge is -2.17. The minimum atomic E-state index is -0.279. The highest BCUT2D eigenvalue weighted by Gasteiger charge is 2.12. The number of hydrogen-bond acceptors (Lipinski definition) is 4. The van der Waals surface area contributed by atoms with Gasteiger partial charge in [0.1, 0.15) is 0 Å². The monoisotopic (exact) mass is 359 g/mol. The second-order valence-electron chi connectivity index (χ2n) is 4.14. The number of rotatable bonds is 7. The molecule has 0 N–H and O–H groups in total. The van der Waals surface area contributed by atoms with Crippen molar-refractivity contribution in [3.05, 3.63) is 34.3 Å². The van der Waals surface area contributed by atoms with Crippen molar-refractivity contribution in [2.24, 2.45) is 0 Å². The van der Waals surface area contributed by atoms with Crippen LogP contribution in [0.5, 0.6) is 0 Å². The fraction of sp³-hybridized carbons (Fsp3) is 0.429. The van der Waals surface area contributed by atoms with E-state index in [0.717, 1.165) is 10.0 Å². The largest absolute Gasteiger partial charge is 0.465 e. The number of nitrogens with zero attached hydrogens (tertiary/aromatic N) is 1. The van der Waals surface area contributed by atoms with Crippen molar-refractivity contribution in [3.8, 4) is 0 Å². The maximum absolute atomic E-state index is 11.9. The van der Waals surface area contributed by atoms with Crippen LogP contribution in [0, 0.1) is 0 Å². The molecule has 0 bridgehead atoms. The first-order chi connectivity index (χ1) is 9.54. The molecule has 0 heterocycles. The molecule has 0 aliphatic heterocycles. The number of benzene rings is 1. The number of ether oxygens (including phenoxy) is 1. The molecule has 1 rings (SSSR count). The van der Waals surface area contributed by atoms with Crippen molar-refractivity contribution in [2.75, 3.05) is 25.2 Å². The standard InChI is InChI=1S/C14H18BrNO3S/c1-3-19-14(18)10-20-9-13(17)16(2)8-11-6-4-5-7-12(11)15/h4-7H,3,8-10H2,1-2H3. The molecule has 0 saturated carbocycles. The highest BCUT2D eigenvalue weighted by molar-refractivity contribution is 9.10. The smallest absolute Gasteiger partial charge is 0.315 e. The van der Waals surface area contributed by atoms with E-state index in [4.69, 9.17) is 4.74 Å². The number of carbonyl (C=O) groups excluding carboxylic acids is 2. The van der Waals surface area contributed by atoms with E-state index in [-0.39, 0.29) is 23.4 Å². The third-order valence-corrected chi connectivity index (χ3v) is 4.21. The fourth-order valence-electron chi connectivity index (χ4n) is 1.50. The molecule has 0 aliphatic rings. The van der Waals surface area contributed by atoms with Crippen LogP contribution in [0.15, 0.2) is 28.7 Å². The van der Waals surface area contributed by atoms with Crippen molar-refractivity contribution >= 4 is 39.6 Å². The zero-order chi connectivity index (χ0) is 15.0. The van der Waals surface area contributed by atoms with E-state index in [1.807, 2.05) is 24.3 Å². The molecule has 0 aliphatic carbocycles. The molecule has 6 heteroatoms. The minimum Gasteiger partial charge on any atom is -0.465 e. The maximum atomic E-state index is 11.9. The summed E-state index contributed by atoms with van der Waals surface area (Å²) in [6.45, 7) is 2.68. The summed E-state index contributed by atoms with van der Waals surface area (Å²) < 4.78 is 5.79. The number of esters is 1. The first-order valence-corrected chi connectivity index (χ1v) is 8.20. The lowest BCUT2D eigenvalue weighted by atomic mass is 10.2. The van der Waals surface area contributed by atoms with Crippen molar-refractivity contribution in [1.82, 2.24) is 4.90 Å². The summed E-state index contributed by atoms with van der Waals surface area (Å²) in [5.41, 5.74) is 1.05. The van der Waals surface area contributed by atoms with Crippen molar-refractivity contribution < 1.29 is 14.3 Å². The van der Waals surface area contributed by atoms with Gasteiger partial charge in [0.05, 0.1) is 18.1 Å². The van der Waals surface area contributed by atoms with E-state index in [1.165, 1.54) is 11.8 Å². The first-order valence-electron chi connectivity index (χ1n) is 6.25. The molecular weight excluding hydrogens is 342 g/mol. The Morgan fingerprint density at radius 1 is 1.30 bits per heavy atom.